The zero-order valence-electron chi connectivity index (χ0n) is 17.7. The van der Waals surface area contributed by atoms with E-state index in [0.717, 1.165) is 44.2 Å². The molecule has 166 valence electrons. The summed E-state index contributed by atoms with van der Waals surface area (Å²) in [5.74, 6) is 1.85. The van der Waals surface area contributed by atoms with E-state index in [1.807, 2.05) is 12.1 Å². The molecule has 0 spiro atoms. The summed E-state index contributed by atoms with van der Waals surface area (Å²) in [6.45, 7) is 5.62. The monoisotopic (exact) mass is 428 g/mol. The number of nitrogens with zero attached hydrogens (tertiary/aromatic N) is 2. The Bertz CT molecular complexity index is 880. The maximum absolute atomic E-state index is 11.5. The fraction of sp³-hybridized carbons (Fsp3) is 0.435. The first-order valence-corrected chi connectivity index (χ1v) is 10.4. The van der Waals surface area contributed by atoms with Gasteiger partial charge in [-0.1, -0.05) is 6.07 Å². The molecule has 8 heteroatoms. The van der Waals surface area contributed by atoms with Crippen LogP contribution in [-0.2, 0) is 11.3 Å². The summed E-state index contributed by atoms with van der Waals surface area (Å²) in [5, 5.41) is 10.4. The molecule has 2 aromatic carbocycles. The van der Waals surface area contributed by atoms with Crippen LogP contribution >= 0.6 is 0 Å². The van der Waals surface area contributed by atoms with Crippen molar-refractivity contribution in [1.29, 1.82) is 0 Å². The van der Waals surface area contributed by atoms with Gasteiger partial charge in [-0.2, -0.15) is 0 Å². The first-order valence-electron chi connectivity index (χ1n) is 10.4. The van der Waals surface area contributed by atoms with Crippen LogP contribution in [0.2, 0.25) is 0 Å². The van der Waals surface area contributed by atoms with Gasteiger partial charge in [0, 0.05) is 39.3 Å². The third-order valence-corrected chi connectivity index (χ3v) is 5.49. The van der Waals surface area contributed by atoms with Gasteiger partial charge < -0.3 is 24.1 Å². The first-order chi connectivity index (χ1) is 15.1. The van der Waals surface area contributed by atoms with Crippen LogP contribution in [-0.4, -0.2) is 80.2 Å². The lowest BCUT2D eigenvalue weighted by Gasteiger charge is -2.35. The third kappa shape index (κ3) is 5.66. The van der Waals surface area contributed by atoms with Gasteiger partial charge in [0.15, 0.2) is 11.5 Å². The summed E-state index contributed by atoms with van der Waals surface area (Å²) in [4.78, 5) is 16.1. The number of piperazine rings is 1. The largest absolute Gasteiger partial charge is 0.491 e. The molecule has 1 fully saturated rings. The molecule has 2 aliphatic heterocycles. The summed E-state index contributed by atoms with van der Waals surface area (Å²) in [6.07, 6.45) is -0.583. The highest BCUT2D eigenvalue weighted by molar-refractivity contribution is 5.89. The molecule has 1 saturated heterocycles. The Kier molecular flexibility index (Phi) is 6.91. The molecule has 4 rings (SSSR count). The Labute approximate surface area is 181 Å². The van der Waals surface area contributed by atoms with Crippen LogP contribution in [0.5, 0.6) is 17.2 Å². The number of hydrogen-bond acceptors (Lipinski definition) is 8. The second kappa shape index (κ2) is 10.00. The van der Waals surface area contributed by atoms with Crippen molar-refractivity contribution >= 4 is 5.97 Å². The number of carbonyl (C=O) groups excluding carboxylic acids is 1. The number of aliphatic hydroxyl groups excluding tert-OH is 1. The van der Waals surface area contributed by atoms with Crippen molar-refractivity contribution < 1.29 is 28.8 Å². The molecule has 2 heterocycles. The molecule has 31 heavy (non-hydrogen) atoms. The molecule has 1 atom stereocenters. The van der Waals surface area contributed by atoms with Crippen molar-refractivity contribution in [3.63, 3.8) is 0 Å². The van der Waals surface area contributed by atoms with Crippen LogP contribution in [0.1, 0.15) is 15.9 Å². The van der Waals surface area contributed by atoms with E-state index >= 15 is 0 Å². The number of carbonyl (C=O) groups is 1. The van der Waals surface area contributed by atoms with Crippen LogP contribution in [0.25, 0.3) is 0 Å². The van der Waals surface area contributed by atoms with Crippen molar-refractivity contribution in [3.05, 3.63) is 53.6 Å². The smallest absolute Gasteiger partial charge is 0.337 e. The van der Waals surface area contributed by atoms with Crippen molar-refractivity contribution in [2.24, 2.45) is 0 Å². The summed E-state index contributed by atoms with van der Waals surface area (Å²) < 4.78 is 21.2. The topological polar surface area (TPSA) is 80.7 Å². The average Bonchev–Trinajstić information content (AvgIpc) is 3.27. The number of benzene rings is 2. The molecule has 0 saturated carbocycles. The molecule has 2 aromatic rings. The third-order valence-electron chi connectivity index (χ3n) is 5.49. The number of β-amino-alcohol motifs (C(OH)–C–C–N with tert-alkyl or cyclic N) is 1. The van der Waals surface area contributed by atoms with E-state index in [0.29, 0.717) is 24.7 Å². The van der Waals surface area contributed by atoms with Gasteiger partial charge in [0.25, 0.3) is 0 Å². The standard InChI is InChI=1S/C23H28N2O6/c1-28-23(27)18-3-5-20(6-4-18)29-15-19(26)14-25-10-8-24(9-11-25)13-17-2-7-21-22(12-17)31-16-30-21/h2-7,12,19,26H,8-11,13-16H2,1H3/t19-/m1/s1. The second-order valence-electron chi connectivity index (χ2n) is 7.75. The predicted molar refractivity (Wildman–Crippen MR) is 114 cm³/mol. The van der Waals surface area contributed by atoms with Gasteiger partial charge in [-0.25, -0.2) is 4.79 Å². The minimum atomic E-state index is -0.583. The molecular weight excluding hydrogens is 400 g/mol. The van der Waals surface area contributed by atoms with Gasteiger partial charge in [-0.3, -0.25) is 9.80 Å². The first kappa shape index (κ1) is 21.4. The number of ether oxygens (including phenoxy) is 4. The van der Waals surface area contributed by atoms with Crippen LogP contribution in [0.3, 0.4) is 0 Å². The van der Waals surface area contributed by atoms with Gasteiger partial charge in [0.2, 0.25) is 6.79 Å². The fourth-order valence-electron chi connectivity index (χ4n) is 3.78. The normalized spacial score (nSPS) is 17.4. The molecule has 0 unspecified atom stereocenters. The zero-order valence-corrected chi connectivity index (χ0v) is 17.7. The molecule has 0 amide bonds. The van der Waals surface area contributed by atoms with Crippen molar-refractivity contribution in [3.8, 4) is 17.2 Å². The molecule has 0 bridgehead atoms. The minimum Gasteiger partial charge on any atom is -0.491 e. The quantitative estimate of drug-likeness (QED) is 0.637. The minimum absolute atomic E-state index is 0.203. The zero-order chi connectivity index (χ0) is 21.6. The maximum Gasteiger partial charge on any atom is 0.337 e. The van der Waals surface area contributed by atoms with Crippen molar-refractivity contribution in [2.45, 2.75) is 12.6 Å². The van der Waals surface area contributed by atoms with Gasteiger partial charge in [0.05, 0.1) is 12.7 Å². The van der Waals surface area contributed by atoms with E-state index in [1.54, 1.807) is 24.3 Å². The lowest BCUT2D eigenvalue weighted by Crippen LogP contribution is -2.48. The van der Waals surface area contributed by atoms with Crippen molar-refractivity contribution in [2.75, 3.05) is 53.2 Å². The Morgan fingerprint density at radius 1 is 1.03 bits per heavy atom. The Morgan fingerprint density at radius 2 is 1.74 bits per heavy atom. The van der Waals surface area contributed by atoms with Crippen molar-refractivity contribution in [1.82, 2.24) is 9.80 Å². The van der Waals surface area contributed by atoms with E-state index in [9.17, 15) is 9.90 Å². The molecule has 0 aliphatic carbocycles. The van der Waals surface area contributed by atoms with Crippen LogP contribution in [0.4, 0.5) is 0 Å². The molecular formula is C23H28N2O6. The summed E-state index contributed by atoms with van der Waals surface area (Å²) in [7, 11) is 1.35. The van der Waals surface area contributed by atoms with Gasteiger partial charge in [0.1, 0.15) is 18.5 Å². The van der Waals surface area contributed by atoms with Gasteiger partial charge in [-0.05, 0) is 42.0 Å². The molecule has 0 aromatic heterocycles. The summed E-state index contributed by atoms with van der Waals surface area (Å²) >= 11 is 0. The lowest BCUT2D eigenvalue weighted by atomic mass is 10.1. The van der Waals surface area contributed by atoms with E-state index < -0.39 is 6.10 Å². The van der Waals surface area contributed by atoms with Crippen LogP contribution in [0, 0.1) is 0 Å². The number of rotatable bonds is 8. The average molecular weight is 428 g/mol. The maximum atomic E-state index is 11.5. The van der Waals surface area contributed by atoms with E-state index in [-0.39, 0.29) is 12.6 Å². The molecule has 8 nitrogen and oxygen atoms in total. The summed E-state index contributed by atoms with van der Waals surface area (Å²) in [6, 6.07) is 12.8. The number of methoxy groups -OCH3 is 1. The lowest BCUT2D eigenvalue weighted by molar-refractivity contribution is 0.0446. The number of fused-ring (bicyclic) bond motifs is 1. The number of aliphatic hydroxyl groups is 1. The highest BCUT2D eigenvalue weighted by atomic mass is 16.7. The number of esters is 1. The number of hydrogen-bond donors (Lipinski definition) is 1. The molecule has 0 radical (unpaired) electrons. The molecule has 1 N–H and O–H groups in total. The Balaban J connectivity index is 1.17. The van der Waals surface area contributed by atoms with E-state index in [4.69, 9.17) is 14.2 Å². The van der Waals surface area contributed by atoms with Crippen LogP contribution < -0.4 is 14.2 Å². The van der Waals surface area contributed by atoms with Gasteiger partial charge in [-0.15, -0.1) is 0 Å². The molecule has 2 aliphatic rings. The highest BCUT2D eigenvalue weighted by Crippen LogP contribution is 2.32. The highest BCUT2D eigenvalue weighted by Gasteiger charge is 2.21. The predicted octanol–water partition coefficient (Wildman–Crippen LogP) is 1.76. The van der Waals surface area contributed by atoms with E-state index in [2.05, 4.69) is 20.6 Å². The fourth-order valence-corrected chi connectivity index (χ4v) is 3.78. The Hall–Kier alpha value is -2.81. The SMILES string of the molecule is COC(=O)c1ccc(OC[C@H](O)CN2CCN(Cc3ccc4c(c3)OCO4)CC2)cc1. The Morgan fingerprint density at radius 3 is 2.48 bits per heavy atom. The van der Waals surface area contributed by atoms with E-state index in [1.165, 1.54) is 12.7 Å². The van der Waals surface area contributed by atoms with Gasteiger partial charge >= 0.3 is 5.97 Å². The second-order valence-corrected chi connectivity index (χ2v) is 7.75. The summed E-state index contributed by atoms with van der Waals surface area (Å²) in [5.41, 5.74) is 1.68. The van der Waals surface area contributed by atoms with Crippen LogP contribution in [0.15, 0.2) is 42.5 Å².